The van der Waals surface area contributed by atoms with Crippen molar-refractivity contribution in [2.45, 2.75) is 39.5 Å². The zero-order chi connectivity index (χ0) is 25.8. The lowest BCUT2D eigenvalue weighted by Crippen LogP contribution is -2.49. The fourth-order valence-corrected chi connectivity index (χ4v) is 5.34. The van der Waals surface area contributed by atoms with Crippen LogP contribution in [0.3, 0.4) is 0 Å². The molecule has 6 heteroatoms. The predicted molar refractivity (Wildman–Crippen MR) is 151 cm³/mol. The Morgan fingerprint density at radius 1 is 0.811 bits per heavy atom. The zero-order valence-corrected chi connectivity index (χ0v) is 21.9. The number of hydrogen-bond donors (Lipinski definition) is 1. The molecule has 0 aliphatic carbocycles. The summed E-state index contributed by atoms with van der Waals surface area (Å²) in [6.07, 6.45) is 3.45. The third kappa shape index (κ3) is 5.79. The number of piperazine rings is 1. The molecule has 1 fully saturated rings. The number of carbonyl (C=O) groups excluding carboxylic acids is 2. The Morgan fingerprint density at radius 3 is 2.35 bits per heavy atom. The number of fused-ring (bicyclic) bond motifs is 1. The summed E-state index contributed by atoms with van der Waals surface area (Å²) in [4.78, 5) is 32.2. The van der Waals surface area contributed by atoms with Crippen molar-refractivity contribution >= 4 is 29.0 Å². The number of benzene rings is 3. The van der Waals surface area contributed by atoms with Gasteiger partial charge in [0.05, 0.1) is 6.42 Å². The Morgan fingerprint density at radius 2 is 1.57 bits per heavy atom. The molecule has 0 unspecified atom stereocenters. The van der Waals surface area contributed by atoms with Gasteiger partial charge in [-0.15, -0.1) is 0 Å². The minimum Gasteiger partial charge on any atom is -0.368 e. The summed E-state index contributed by atoms with van der Waals surface area (Å²) in [5, 5.41) is 3.04. The molecule has 192 valence electrons. The van der Waals surface area contributed by atoms with E-state index < -0.39 is 0 Å². The average molecular weight is 497 g/mol. The van der Waals surface area contributed by atoms with E-state index in [1.165, 1.54) is 22.4 Å². The Hall–Kier alpha value is -3.80. The molecule has 3 aromatic rings. The summed E-state index contributed by atoms with van der Waals surface area (Å²) in [7, 11) is 0. The van der Waals surface area contributed by atoms with Crippen LogP contribution in [0, 0.1) is 13.8 Å². The maximum atomic E-state index is 13.1. The molecular weight excluding hydrogens is 460 g/mol. The summed E-state index contributed by atoms with van der Waals surface area (Å²) in [5.74, 6) is 0.151. The van der Waals surface area contributed by atoms with Crippen LogP contribution in [0.1, 0.15) is 35.1 Å². The van der Waals surface area contributed by atoms with E-state index in [9.17, 15) is 9.59 Å². The highest BCUT2D eigenvalue weighted by molar-refractivity contribution is 6.02. The summed E-state index contributed by atoms with van der Waals surface area (Å²) in [5.41, 5.74) is 7.72. The molecule has 37 heavy (non-hydrogen) atoms. The summed E-state index contributed by atoms with van der Waals surface area (Å²) in [6.45, 7) is 8.14. The molecule has 0 radical (unpaired) electrons. The van der Waals surface area contributed by atoms with Gasteiger partial charge in [-0.1, -0.05) is 42.5 Å². The molecule has 0 saturated carbocycles. The molecule has 6 nitrogen and oxygen atoms in total. The van der Waals surface area contributed by atoms with E-state index in [1.54, 1.807) is 0 Å². The molecule has 3 aromatic carbocycles. The quantitative estimate of drug-likeness (QED) is 0.514. The lowest BCUT2D eigenvalue weighted by molar-refractivity contribution is -0.130. The molecule has 1 N–H and O–H groups in total. The highest BCUT2D eigenvalue weighted by Gasteiger charge is 2.23. The Balaban J connectivity index is 1.15. The number of carbonyl (C=O) groups is 2. The molecule has 0 bridgehead atoms. The molecule has 0 atom stereocenters. The van der Waals surface area contributed by atoms with Gasteiger partial charge in [-0.25, -0.2) is 4.79 Å². The molecule has 3 amide bonds. The monoisotopic (exact) mass is 496 g/mol. The summed E-state index contributed by atoms with van der Waals surface area (Å²) < 4.78 is 0. The average Bonchev–Trinajstić information content (AvgIpc) is 3.14. The number of amides is 3. The molecule has 2 heterocycles. The van der Waals surface area contributed by atoms with Crippen molar-refractivity contribution in [2.24, 2.45) is 0 Å². The van der Waals surface area contributed by atoms with Gasteiger partial charge in [-0.3, -0.25) is 9.69 Å². The van der Waals surface area contributed by atoms with Crippen LogP contribution in [0.4, 0.5) is 21.9 Å². The number of nitrogens with one attached hydrogen (secondary N) is 1. The van der Waals surface area contributed by atoms with Gasteiger partial charge in [-0.05, 0) is 79.6 Å². The van der Waals surface area contributed by atoms with E-state index in [-0.39, 0.29) is 11.9 Å². The van der Waals surface area contributed by atoms with Crippen LogP contribution in [0.2, 0.25) is 0 Å². The number of para-hydroxylation sites is 1. The van der Waals surface area contributed by atoms with Gasteiger partial charge < -0.3 is 15.1 Å². The van der Waals surface area contributed by atoms with Gasteiger partial charge in [-0.2, -0.15) is 0 Å². The van der Waals surface area contributed by atoms with Crippen LogP contribution in [0.5, 0.6) is 0 Å². The van der Waals surface area contributed by atoms with Gasteiger partial charge in [0.2, 0.25) is 5.91 Å². The SMILES string of the molecule is Cc1ccc(C)c(N2CCN(C(=O)Cc3ccc(NC(=O)N4CCCCc5ccccc54)cc3)CC2)c1. The first-order valence-electron chi connectivity index (χ1n) is 13.3. The third-order valence-corrected chi connectivity index (χ3v) is 7.50. The van der Waals surface area contributed by atoms with Crippen LogP contribution in [0.25, 0.3) is 0 Å². The summed E-state index contributed by atoms with van der Waals surface area (Å²) in [6, 6.07) is 22.2. The highest BCUT2D eigenvalue weighted by Crippen LogP contribution is 2.27. The molecule has 0 aromatic heterocycles. The Labute approximate surface area is 219 Å². The van der Waals surface area contributed by atoms with E-state index in [4.69, 9.17) is 0 Å². The van der Waals surface area contributed by atoms with E-state index in [2.05, 4.69) is 48.3 Å². The topological polar surface area (TPSA) is 55.9 Å². The number of anilines is 3. The number of urea groups is 1. The van der Waals surface area contributed by atoms with Crippen molar-refractivity contribution in [2.75, 3.05) is 47.8 Å². The first-order valence-corrected chi connectivity index (χ1v) is 13.3. The normalized spacial score (nSPS) is 15.7. The minimum atomic E-state index is -0.111. The maximum Gasteiger partial charge on any atom is 0.326 e. The van der Waals surface area contributed by atoms with Gasteiger partial charge in [0.1, 0.15) is 0 Å². The number of nitrogens with zero attached hydrogens (tertiary/aromatic N) is 3. The second-order valence-electron chi connectivity index (χ2n) is 10.2. The van der Waals surface area contributed by atoms with Gasteiger partial charge in [0.15, 0.2) is 0 Å². The van der Waals surface area contributed by atoms with Crippen LogP contribution in [-0.4, -0.2) is 49.6 Å². The first kappa shape index (κ1) is 24.9. The molecular formula is C31H36N4O2. The first-order chi connectivity index (χ1) is 18.0. The Kier molecular flexibility index (Phi) is 7.45. The van der Waals surface area contributed by atoms with E-state index in [0.29, 0.717) is 13.0 Å². The third-order valence-electron chi connectivity index (χ3n) is 7.50. The van der Waals surface area contributed by atoms with Crippen LogP contribution < -0.4 is 15.1 Å². The predicted octanol–water partition coefficient (Wildman–Crippen LogP) is 5.57. The minimum absolute atomic E-state index is 0.111. The molecule has 0 spiro atoms. The standard InChI is InChI=1S/C31H36N4O2/c1-23-10-11-24(2)29(21-23)33-17-19-34(20-18-33)30(36)22-25-12-14-27(15-13-25)32-31(37)35-16-6-5-8-26-7-3-4-9-28(26)35/h3-4,7,9-15,21H,5-6,8,16-20,22H2,1-2H3,(H,32,37). The van der Waals surface area contributed by atoms with Crippen LogP contribution >= 0.6 is 0 Å². The van der Waals surface area contributed by atoms with Crippen molar-refractivity contribution in [3.63, 3.8) is 0 Å². The van der Waals surface area contributed by atoms with Gasteiger partial charge in [0, 0.05) is 49.8 Å². The van der Waals surface area contributed by atoms with Crippen LogP contribution in [-0.2, 0) is 17.6 Å². The van der Waals surface area contributed by atoms with Crippen molar-refractivity contribution in [1.82, 2.24) is 4.90 Å². The smallest absolute Gasteiger partial charge is 0.326 e. The van der Waals surface area contributed by atoms with E-state index in [0.717, 1.165) is 62.4 Å². The van der Waals surface area contributed by atoms with Crippen LogP contribution in [0.15, 0.2) is 66.7 Å². The van der Waals surface area contributed by atoms with Crippen molar-refractivity contribution in [3.05, 3.63) is 89.0 Å². The van der Waals surface area contributed by atoms with E-state index in [1.807, 2.05) is 52.3 Å². The lowest BCUT2D eigenvalue weighted by atomic mass is 10.1. The molecule has 2 aliphatic rings. The zero-order valence-electron chi connectivity index (χ0n) is 21.9. The fraction of sp³-hybridized carbons (Fsp3) is 0.355. The van der Waals surface area contributed by atoms with E-state index >= 15 is 0 Å². The van der Waals surface area contributed by atoms with Crippen molar-refractivity contribution in [3.8, 4) is 0 Å². The largest absolute Gasteiger partial charge is 0.368 e. The number of hydrogen-bond acceptors (Lipinski definition) is 3. The number of rotatable bonds is 4. The molecule has 2 aliphatic heterocycles. The van der Waals surface area contributed by atoms with Gasteiger partial charge >= 0.3 is 6.03 Å². The van der Waals surface area contributed by atoms with Crippen molar-refractivity contribution < 1.29 is 9.59 Å². The molecule has 1 saturated heterocycles. The highest BCUT2D eigenvalue weighted by atomic mass is 16.2. The summed E-state index contributed by atoms with van der Waals surface area (Å²) >= 11 is 0. The Bertz CT molecular complexity index is 1260. The second kappa shape index (κ2) is 11.1. The molecule has 5 rings (SSSR count). The fourth-order valence-electron chi connectivity index (χ4n) is 5.34. The van der Waals surface area contributed by atoms with Crippen molar-refractivity contribution in [1.29, 1.82) is 0 Å². The maximum absolute atomic E-state index is 13.1. The number of aryl methyl sites for hydroxylation is 3. The van der Waals surface area contributed by atoms with Gasteiger partial charge in [0.25, 0.3) is 0 Å². The lowest BCUT2D eigenvalue weighted by Gasteiger charge is -2.37. The second-order valence-corrected chi connectivity index (χ2v) is 10.2.